The lowest BCUT2D eigenvalue weighted by Gasteiger charge is -2.17. The van der Waals surface area contributed by atoms with Gasteiger partial charge in [-0.3, -0.25) is 0 Å². The molecule has 0 amide bonds. The second-order valence-electron chi connectivity index (χ2n) is 4.00. The fourth-order valence-electron chi connectivity index (χ4n) is 1.62. The minimum atomic E-state index is 0.153. The third-order valence-corrected chi connectivity index (χ3v) is 2.69. The summed E-state index contributed by atoms with van der Waals surface area (Å²) in [6, 6.07) is 10.2. The quantitative estimate of drug-likeness (QED) is 0.779. The molecule has 1 aromatic rings. The van der Waals surface area contributed by atoms with Crippen LogP contribution in [-0.4, -0.2) is 18.8 Å². The number of methoxy groups -OCH3 is 1. The summed E-state index contributed by atoms with van der Waals surface area (Å²) in [4.78, 5) is 0. The summed E-state index contributed by atoms with van der Waals surface area (Å²) in [6.07, 6.45) is 2.10. The van der Waals surface area contributed by atoms with Crippen molar-refractivity contribution in [3.63, 3.8) is 0 Å². The molecule has 0 spiro atoms. The Labute approximate surface area is 91.9 Å². The van der Waals surface area contributed by atoms with Gasteiger partial charge in [0.2, 0.25) is 0 Å². The van der Waals surface area contributed by atoms with Gasteiger partial charge in [0, 0.05) is 13.7 Å². The van der Waals surface area contributed by atoms with Gasteiger partial charge in [-0.25, -0.2) is 0 Å². The first-order valence-corrected chi connectivity index (χ1v) is 5.46. The molecule has 0 aliphatic heterocycles. The minimum Gasteiger partial charge on any atom is -0.396 e. The zero-order valence-corrected chi connectivity index (χ0v) is 9.52. The van der Waals surface area contributed by atoms with Crippen LogP contribution in [0, 0.1) is 5.92 Å². The molecule has 0 saturated carbocycles. The van der Waals surface area contributed by atoms with E-state index in [0.29, 0.717) is 5.92 Å². The van der Waals surface area contributed by atoms with Crippen molar-refractivity contribution in [3.05, 3.63) is 35.9 Å². The minimum absolute atomic E-state index is 0.153. The van der Waals surface area contributed by atoms with Crippen LogP contribution in [-0.2, 0) is 4.74 Å². The lowest BCUT2D eigenvalue weighted by Crippen LogP contribution is -2.06. The van der Waals surface area contributed by atoms with Gasteiger partial charge in [-0.15, -0.1) is 0 Å². The molecule has 84 valence electrons. The van der Waals surface area contributed by atoms with Crippen LogP contribution in [0.3, 0.4) is 0 Å². The fraction of sp³-hybridized carbons (Fsp3) is 0.538. The van der Waals surface area contributed by atoms with E-state index < -0.39 is 0 Å². The monoisotopic (exact) mass is 208 g/mol. The number of ether oxygens (including phenoxy) is 1. The molecule has 0 bridgehead atoms. The fourth-order valence-corrected chi connectivity index (χ4v) is 1.62. The summed E-state index contributed by atoms with van der Waals surface area (Å²) in [5.74, 6) is 0.353. The van der Waals surface area contributed by atoms with Gasteiger partial charge in [0.1, 0.15) is 0 Å². The Morgan fingerprint density at radius 2 is 1.87 bits per heavy atom. The lowest BCUT2D eigenvalue weighted by molar-refractivity contribution is 0.0859. The summed E-state index contributed by atoms with van der Waals surface area (Å²) in [6.45, 7) is 2.31. The standard InChI is InChI=1S/C13H20O2/c1-11(10-14)8-9-13(15-2)12-6-4-3-5-7-12/h3-7,11,13-14H,8-10H2,1-2H3. The maximum atomic E-state index is 8.95. The van der Waals surface area contributed by atoms with E-state index in [1.54, 1.807) is 7.11 Å². The Kier molecular flexibility index (Phi) is 5.37. The molecule has 0 heterocycles. The summed E-state index contributed by atoms with van der Waals surface area (Å²) in [5, 5.41) is 8.95. The lowest BCUT2D eigenvalue weighted by atomic mass is 9.99. The average Bonchev–Trinajstić information content (AvgIpc) is 2.31. The molecule has 15 heavy (non-hydrogen) atoms. The van der Waals surface area contributed by atoms with Gasteiger partial charge in [0.25, 0.3) is 0 Å². The Hall–Kier alpha value is -0.860. The van der Waals surface area contributed by atoms with Gasteiger partial charge in [-0.1, -0.05) is 37.3 Å². The molecule has 0 aliphatic carbocycles. The number of hydrogen-bond donors (Lipinski definition) is 1. The molecule has 0 aliphatic rings. The third-order valence-electron chi connectivity index (χ3n) is 2.69. The van der Waals surface area contributed by atoms with E-state index in [9.17, 15) is 0 Å². The Morgan fingerprint density at radius 3 is 2.40 bits per heavy atom. The molecule has 0 aromatic heterocycles. The van der Waals surface area contributed by atoms with Crippen LogP contribution in [0.5, 0.6) is 0 Å². The summed E-state index contributed by atoms with van der Waals surface area (Å²) < 4.78 is 5.45. The van der Waals surface area contributed by atoms with Crippen molar-refractivity contribution in [2.75, 3.05) is 13.7 Å². The number of benzene rings is 1. The van der Waals surface area contributed by atoms with Gasteiger partial charge in [-0.2, -0.15) is 0 Å². The van der Waals surface area contributed by atoms with E-state index in [-0.39, 0.29) is 12.7 Å². The average molecular weight is 208 g/mol. The molecule has 1 N–H and O–H groups in total. The largest absolute Gasteiger partial charge is 0.396 e. The van der Waals surface area contributed by atoms with Crippen LogP contribution in [0.4, 0.5) is 0 Å². The highest BCUT2D eigenvalue weighted by Gasteiger charge is 2.11. The van der Waals surface area contributed by atoms with E-state index in [4.69, 9.17) is 9.84 Å². The maximum absolute atomic E-state index is 8.95. The van der Waals surface area contributed by atoms with Crippen molar-refractivity contribution < 1.29 is 9.84 Å². The Balaban J connectivity index is 2.50. The predicted molar refractivity (Wildman–Crippen MR) is 61.7 cm³/mol. The first-order valence-electron chi connectivity index (χ1n) is 5.46. The Bertz CT molecular complexity index is 258. The number of aliphatic hydroxyl groups excluding tert-OH is 1. The van der Waals surface area contributed by atoms with Crippen LogP contribution < -0.4 is 0 Å². The molecule has 1 rings (SSSR count). The molecule has 2 nitrogen and oxygen atoms in total. The first kappa shape index (κ1) is 12.2. The van der Waals surface area contributed by atoms with Crippen molar-refractivity contribution in [1.29, 1.82) is 0 Å². The van der Waals surface area contributed by atoms with E-state index in [1.165, 1.54) is 5.56 Å². The zero-order chi connectivity index (χ0) is 11.1. The van der Waals surface area contributed by atoms with Crippen LogP contribution in [0.1, 0.15) is 31.4 Å². The highest BCUT2D eigenvalue weighted by atomic mass is 16.5. The van der Waals surface area contributed by atoms with E-state index in [0.717, 1.165) is 12.8 Å². The third kappa shape index (κ3) is 4.02. The van der Waals surface area contributed by atoms with Crippen LogP contribution in [0.2, 0.25) is 0 Å². The van der Waals surface area contributed by atoms with Crippen molar-refractivity contribution in [1.82, 2.24) is 0 Å². The van der Waals surface area contributed by atoms with E-state index >= 15 is 0 Å². The highest BCUT2D eigenvalue weighted by molar-refractivity contribution is 5.17. The predicted octanol–water partition coefficient (Wildman–Crippen LogP) is 2.78. The van der Waals surface area contributed by atoms with Crippen molar-refractivity contribution in [2.45, 2.75) is 25.9 Å². The smallest absolute Gasteiger partial charge is 0.0821 e. The molecule has 0 saturated heterocycles. The molecule has 1 aromatic carbocycles. The van der Waals surface area contributed by atoms with Gasteiger partial charge >= 0.3 is 0 Å². The molecule has 2 atom stereocenters. The second kappa shape index (κ2) is 6.59. The van der Waals surface area contributed by atoms with Crippen molar-refractivity contribution >= 4 is 0 Å². The van der Waals surface area contributed by atoms with Gasteiger partial charge in [0.15, 0.2) is 0 Å². The number of aliphatic hydroxyl groups is 1. The maximum Gasteiger partial charge on any atom is 0.0821 e. The van der Waals surface area contributed by atoms with Gasteiger partial charge in [0.05, 0.1) is 6.10 Å². The molecule has 0 fully saturated rings. The molecule has 0 radical (unpaired) electrons. The van der Waals surface area contributed by atoms with Crippen molar-refractivity contribution in [3.8, 4) is 0 Å². The normalized spacial score (nSPS) is 14.9. The highest BCUT2D eigenvalue weighted by Crippen LogP contribution is 2.23. The second-order valence-corrected chi connectivity index (χ2v) is 4.00. The van der Waals surface area contributed by atoms with Crippen LogP contribution in [0.25, 0.3) is 0 Å². The molecular weight excluding hydrogens is 188 g/mol. The van der Waals surface area contributed by atoms with E-state index in [2.05, 4.69) is 19.1 Å². The summed E-state index contributed by atoms with van der Waals surface area (Å²) >= 11 is 0. The van der Waals surface area contributed by atoms with Crippen molar-refractivity contribution in [2.24, 2.45) is 5.92 Å². The topological polar surface area (TPSA) is 29.5 Å². The summed E-state index contributed by atoms with van der Waals surface area (Å²) in [7, 11) is 1.74. The van der Waals surface area contributed by atoms with Gasteiger partial charge < -0.3 is 9.84 Å². The number of rotatable bonds is 6. The first-order chi connectivity index (χ1) is 7.27. The summed E-state index contributed by atoms with van der Waals surface area (Å²) in [5.41, 5.74) is 1.21. The molecular formula is C13H20O2. The van der Waals surface area contributed by atoms with E-state index in [1.807, 2.05) is 18.2 Å². The van der Waals surface area contributed by atoms with Gasteiger partial charge in [-0.05, 0) is 24.3 Å². The number of hydrogen-bond acceptors (Lipinski definition) is 2. The zero-order valence-electron chi connectivity index (χ0n) is 9.52. The molecule has 2 heteroatoms. The molecule has 2 unspecified atom stereocenters. The SMILES string of the molecule is COC(CCC(C)CO)c1ccccc1. The Morgan fingerprint density at radius 1 is 1.20 bits per heavy atom. The van der Waals surface area contributed by atoms with Crippen LogP contribution >= 0.6 is 0 Å². The van der Waals surface area contributed by atoms with Crippen LogP contribution in [0.15, 0.2) is 30.3 Å².